The van der Waals surface area contributed by atoms with E-state index in [1.54, 1.807) is 10.6 Å². The van der Waals surface area contributed by atoms with E-state index in [0.29, 0.717) is 22.9 Å². The molecule has 2 aromatic rings. The monoisotopic (exact) mass is 304 g/mol. The molecule has 1 N–H and O–H groups in total. The predicted octanol–water partition coefficient (Wildman–Crippen LogP) is 3.38. The van der Waals surface area contributed by atoms with Crippen LogP contribution in [0.2, 0.25) is 5.02 Å². The Bertz CT molecular complexity index is 746. The summed E-state index contributed by atoms with van der Waals surface area (Å²) in [6, 6.07) is 8.13. The van der Waals surface area contributed by atoms with Gasteiger partial charge in [-0.05, 0) is 24.6 Å². The zero-order valence-electron chi connectivity index (χ0n) is 11.6. The number of aromatic nitrogens is 1. The highest BCUT2D eigenvalue weighted by molar-refractivity contribution is 6.33. The number of anilines is 1. The summed E-state index contributed by atoms with van der Waals surface area (Å²) in [5, 5.41) is 23.3. The first-order valence-corrected chi connectivity index (χ1v) is 6.55. The number of benzene rings is 1. The summed E-state index contributed by atoms with van der Waals surface area (Å²) in [4.78, 5) is 10.3. The summed E-state index contributed by atoms with van der Waals surface area (Å²) >= 11 is 6.03. The van der Waals surface area contributed by atoms with Gasteiger partial charge in [-0.3, -0.25) is 10.1 Å². The van der Waals surface area contributed by atoms with Crippen LogP contribution in [-0.4, -0.2) is 9.49 Å². The van der Waals surface area contributed by atoms with Crippen LogP contribution < -0.4 is 5.32 Å². The largest absolute Gasteiger partial charge is 0.379 e. The molecule has 0 spiro atoms. The van der Waals surface area contributed by atoms with Gasteiger partial charge in [0.25, 0.3) is 5.69 Å². The summed E-state index contributed by atoms with van der Waals surface area (Å²) in [6.07, 6.45) is 0. The van der Waals surface area contributed by atoms with E-state index >= 15 is 0 Å². The highest BCUT2D eigenvalue weighted by Crippen LogP contribution is 2.27. The topological polar surface area (TPSA) is 83.9 Å². The number of hydrogen-bond acceptors (Lipinski definition) is 4. The zero-order valence-corrected chi connectivity index (χ0v) is 12.3. The van der Waals surface area contributed by atoms with Crippen molar-refractivity contribution in [2.45, 2.75) is 13.5 Å². The first-order chi connectivity index (χ1) is 9.93. The molecule has 0 amide bonds. The van der Waals surface area contributed by atoms with Crippen LogP contribution in [0.25, 0.3) is 0 Å². The smallest absolute Gasteiger partial charge is 0.271 e. The molecular formula is C14H13ClN4O2. The van der Waals surface area contributed by atoms with Crippen molar-refractivity contribution in [3.8, 4) is 6.07 Å². The molecule has 0 aliphatic rings. The average molecular weight is 305 g/mol. The van der Waals surface area contributed by atoms with E-state index in [2.05, 4.69) is 11.4 Å². The lowest BCUT2D eigenvalue weighted by atomic mass is 10.2. The number of nitriles is 1. The van der Waals surface area contributed by atoms with Gasteiger partial charge in [0.2, 0.25) is 0 Å². The number of hydrogen-bond donors (Lipinski definition) is 1. The molecule has 7 heteroatoms. The normalized spacial score (nSPS) is 10.2. The molecule has 6 nitrogen and oxygen atoms in total. The third-order valence-electron chi connectivity index (χ3n) is 3.38. The molecule has 21 heavy (non-hydrogen) atoms. The van der Waals surface area contributed by atoms with Crippen molar-refractivity contribution in [2.24, 2.45) is 7.05 Å². The van der Waals surface area contributed by atoms with Crippen LogP contribution in [0.15, 0.2) is 24.3 Å². The lowest BCUT2D eigenvalue weighted by Crippen LogP contribution is -2.02. The molecule has 0 radical (unpaired) electrons. The average Bonchev–Trinajstić information content (AvgIpc) is 2.73. The minimum Gasteiger partial charge on any atom is -0.379 e. The second kappa shape index (κ2) is 5.85. The van der Waals surface area contributed by atoms with Gasteiger partial charge in [0.15, 0.2) is 0 Å². The van der Waals surface area contributed by atoms with Gasteiger partial charge in [-0.2, -0.15) is 5.26 Å². The van der Waals surface area contributed by atoms with Gasteiger partial charge in [-0.15, -0.1) is 0 Å². The lowest BCUT2D eigenvalue weighted by Gasteiger charge is -2.08. The Labute approximate surface area is 126 Å². The molecule has 0 aliphatic carbocycles. The van der Waals surface area contributed by atoms with Crippen LogP contribution in [-0.2, 0) is 13.6 Å². The van der Waals surface area contributed by atoms with Gasteiger partial charge in [0, 0.05) is 31.4 Å². The molecular weight excluding hydrogens is 292 g/mol. The maximum absolute atomic E-state index is 10.8. The van der Waals surface area contributed by atoms with E-state index < -0.39 is 4.92 Å². The Balaban J connectivity index is 2.23. The number of nitrogens with one attached hydrogen (secondary N) is 1. The second-order valence-electron chi connectivity index (χ2n) is 4.59. The molecule has 0 fully saturated rings. The van der Waals surface area contributed by atoms with Crippen molar-refractivity contribution in [2.75, 3.05) is 5.32 Å². The molecule has 0 aliphatic heterocycles. The molecule has 0 atom stereocenters. The van der Waals surface area contributed by atoms with Gasteiger partial charge < -0.3 is 9.88 Å². The highest BCUT2D eigenvalue weighted by Gasteiger charge is 2.12. The van der Waals surface area contributed by atoms with Crippen molar-refractivity contribution >= 4 is 23.0 Å². The number of rotatable bonds is 4. The highest BCUT2D eigenvalue weighted by atomic mass is 35.5. The van der Waals surface area contributed by atoms with Gasteiger partial charge >= 0.3 is 0 Å². The Kier molecular flexibility index (Phi) is 4.15. The Hall–Kier alpha value is -2.52. The maximum atomic E-state index is 10.8. The Morgan fingerprint density at radius 1 is 1.48 bits per heavy atom. The van der Waals surface area contributed by atoms with Crippen molar-refractivity contribution in [3.05, 3.63) is 56.4 Å². The zero-order chi connectivity index (χ0) is 15.6. The van der Waals surface area contributed by atoms with Gasteiger partial charge in [0.05, 0.1) is 15.6 Å². The van der Waals surface area contributed by atoms with Crippen LogP contribution >= 0.6 is 11.6 Å². The molecule has 0 bridgehead atoms. The summed E-state index contributed by atoms with van der Waals surface area (Å²) in [5.74, 6) is 0. The van der Waals surface area contributed by atoms with Crippen LogP contribution in [0.1, 0.15) is 17.0 Å². The van der Waals surface area contributed by atoms with E-state index in [4.69, 9.17) is 16.9 Å². The fourth-order valence-electron chi connectivity index (χ4n) is 2.00. The predicted molar refractivity (Wildman–Crippen MR) is 80.3 cm³/mol. The van der Waals surface area contributed by atoms with E-state index in [1.165, 1.54) is 18.2 Å². The molecule has 0 saturated heterocycles. The number of halogens is 1. The fourth-order valence-corrected chi connectivity index (χ4v) is 2.19. The molecule has 0 unspecified atom stereocenters. The van der Waals surface area contributed by atoms with Crippen molar-refractivity contribution < 1.29 is 4.92 Å². The SMILES string of the molecule is Cc1c(CNc2cc([N+](=O)[O-])ccc2Cl)cc(C#N)n1C. The lowest BCUT2D eigenvalue weighted by molar-refractivity contribution is -0.384. The van der Waals surface area contributed by atoms with Crippen LogP contribution in [0.4, 0.5) is 11.4 Å². The molecule has 1 aromatic heterocycles. The van der Waals surface area contributed by atoms with Gasteiger partial charge in [0.1, 0.15) is 11.8 Å². The van der Waals surface area contributed by atoms with Crippen molar-refractivity contribution in [1.29, 1.82) is 5.26 Å². The van der Waals surface area contributed by atoms with E-state index in [9.17, 15) is 10.1 Å². The number of nitrogens with zero attached hydrogens (tertiary/aromatic N) is 3. The Morgan fingerprint density at radius 2 is 2.19 bits per heavy atom. The Morgan fingerprint density at radius 3 is 2.76 bits per heavy atom. The van der Waals surface area contributed by atoms with Crippen LogP contribution in [0.5, 0.6) is 0 Å². The minimum atomic E-state index is -0.469. The number of nitro benzene ring substituents is 1. The van der Waals surface area contributed by atoms with Crippen molar-refractivity contribution in [3.63, 3.8) is 0 Å². The van der Waals surface area contributed by atoms with Crippen molar-refractivity contribution in [1.82, 2.24) is 4.57 Å². The summed E-state index contributed by atoms with van der Waals surface area (Å²) < 4.78 is 1.80. The molecule has 1 aromatic carbocycles. The third-order valence-corrected chi connectivity index (χ3v) is 3.71. The summed E-state index contributed by atoms with van der Waals surface area (Å²) in [6.45, 7) is 2.34. The minimum absolute atomic E-state index is 0.0237. The van der Waals surface area contributed by atoms with Gasteiger partial charge in [-0.25, -0.2) is 0 Å². The maximum Gasteiger partial charge on any atom is 0.271 e. The summed E-state index contributed by atoms with van der Waals surface area (Å²) in [7, 11) is 1.82. The molecule has 2 rings (SSSR count). The number of non-ortho nitro benzene ring substituents is 1. The standard InChI is InChI=1S/C14H13ClN4O2/c1-9-10(5-12(7-16)18(9)2)8-17-14-6-11(19(20)21)3-4-13(14)15/h3-6,17H,8H2,1-2H3. The quantitative estimate of drug-likeness (QED) is 0.693. The fraction of sp³-hybridized carbons (Fsp3) is 0.214. The molecule has 0 saturated carbocycles. The van der Waals surface area contributed by atoms with Crippen LogP contribution in [0, 0.1) is 28.4 Å². The molecule has 108 valence electrons. The first-order valence-electron chi connectivity index (χ1n) is 6.17. The second-order valence-corrected chi connectivity index (χ2v) is 4.99. The van der Waals surface area contributed by atoms with E-state index in [-0.39, 0.29) is 5.69 Å². The van der Waals surface area contributed by atoms with E-state index in [0.717, 1.165) is 11.3 Å². The summed E-state index contributed by atoms with van der Waals surface area (Å²) in [5.41, 5.74) is 2.93. The van der Waals surface area contributed by atoms with Gasteiger partial charge in [-0.1, -0.05) is 11.6 Å². The van der Waals surface area contributed by atoms with Crippen LogP contribution in [0.3, 0.4) is 0 Å². The first kappa shape index (κ1) is 14.9. The molecule has 1 heterocycles. The number of nitro groups is 1. The third kappa shape index (κ3) is 2.98. The van der Waals surface area contributed by atoms with E-state index in [1.807, 2.05) is 14.0 Å².